The second-order valence-corrected chi connectivity index (χ2v) is 9.75. The first kappa shape index (κ1) is 23.8. The molecular formula is C21H16F6O4S. The fourth-order valence-corrected chi connectivity index (χ4v) is 3.81. The average molecular weight is 478 g/mol. The lowest BCUT2D eigenvalue weighted by atomic mass is 9.90. The predicted molar refractivity (Wildman–Crippen MR) is 103 cm³/mol. The minimum Gasteiger partial charge on any atom is -0.478 e. The normalized spacial score (nSPS) is 17.0. The zero-order chi connectivity index (χ0) is 24.3. The summed E-state index contributed by atoms with van der Waals surface area (Å²) < 4.78 is 109. The Labute approximate surface area is 179 Å². The lowest BCUT2D eigenvalue weighted by molar-refractivity contribution is -0.143. The van der Waals surface area contributed by atoms with Crippen molar-refractivity contribution in [3.63, 3.8) is 0 Å². The lowest BCUT2D eigenvalue weighted by Crippen LogP contribution is -2.29. The maximum Gasteiger partial charge on any atom is 0.416 e. The van der Waals surface area contributed by atoms with E-state index in [2.05, 4.69) is 0 Å². The van der Waals surface area contributed by atoms with Crippen molar-refractivity contribution in [2.75, 3.05) is 6.26 Å². The number of carbonyl (C=O) groups is 1. The highest BCUT2D eigenvalue weighted by atomic mass is 32.2. The molecule has 0 aromatic heterocycles. The summed E-state index contributed by atoms with van der Waals surface area (Å²) >= 11 is 0. The second-order valence-electron chi connectivity index (χ2n) is 7.74. The summed E-state index contributed by atoms with van der Waals surface area (Å²) in [6, 6.07) is 5.80. The number of alkyl halides is 6. The van der Waals surface area contributed by atoms with Crippen LogP contribution in [0.2, 0.25) is 0 Å². The third-order valence-electron chi connectivity index (χ3n) is 4.78. The second kappa shape index (κ2) is 7.36. The van der Waals surface area contributed by atoms with Crippen LogP contribution in [0, 0.1) is 0 Å². The highest BCUT2D eigenvalue weighted by Gasteiger charge is 2.45. The van der Waals surface area contributed by atoms with Gasteiger partial charge in [0.15, 0.2) is 15.4 Å². The molecule has 0 spiro atoms. The summed E-state index contributed by atoms with van der Waals surface area (Å²) in [6.07, 6.45) is -9.22. The van der Waals surface area contributed by atoms with Crippen molar-refractivity contribution < 1.29 is 44.3 Å². The maximum absolute atomic E-state index is 13.3. The van der Waals surface area contributed by atoms with Gasteiger partial charge in [0.25, 0.3) is 0 Å². The van der Waals surface area contributed by atoms with E-state index in [1.54, 1.807) is 0 Å². The van der Waals surface area contributed by atoms with Crippen molar-refractivity contribution >= 4 is 27.0 Å². The summed E-state index contributed by atoms with van der Waals surface area (Å²) in [5.41, 5.74) is -5.65. The third-order valence-corrected chi connectivity index (χ3v) is 5.91. The fraction of sp³-hybridized carbons (Fsp3) is 0.286. The first-order valence-electron chi connectivity index (χ1n) is 9.00. The Bertz CT molecular complexity index is 1190. The number of halogens is 6. The van der Waals surface area contributed by atoms with Crippen LogP contribution < -0.4 is 0 Å². The fourth-order valence-electron chi connectivity index (χ4n) is 3.17. The van der Waals surface area contributed by atoms with Crippen LogP contribution in [0.1, 0.15) is 36.1 Å². The third kappa shape index (κ3) is 4.52. The molecule has 11 heteroatoms. The smallest absolute Gasteiger partial charge is 0.416 e. The molecule has 0 aliphatic carbocycles. The van der Waals surface area contributed by atoms with E-state index in [0.717, 1.165) is 6.26 Å². The molecule has 0 radical (unpaired) electrons. The van der Waals surface area contributed by atoms with Gasteiger partial charge in [-0.15, -0.1) is 0 Å². The van der Waals surface area contributed by atoms with Crippen LogP contribution in [0.15, 0.2) is 47.4 Å². The molecule has 0 bridgehead atoms. The number of ether oxygens (including phenoxy) is 1. The van der Waals surface area contributed by atoms with E-state index in [4.69, 9.17) is 4.74 Å². The highest BCUT2D eigenvalue weighted by molar-refractivity contribution is 7.90. The van der Waals surface area contributed by atoms with Gasteiger partial charge in [0.2, 0.25) is 5.78 Å². The van der Waals surface area contributed by atoms with Gasteiger partial charge in [0.1, 0.15) is 5.76 Å². The molecule has 32 heavy (non-hydrogen) atoms. The number of carbonyl (C=O) groups excluding carboxylic acids is 1. The van der Waals surface area contributed by atoms with Gasteiger partial charge in [-0.2, -0.15) is 26.3 Å². The molecule has 0 amide bonds. The summed E-state index contributed by atoms with van der Waals surface area (Å²) in [5.74, 6) is -1.06. The van der Waals surface area contributed by atoms with Gasteiger partial charge in [0, 0.05) is 11.8 Å². The van der Waals surface area contributed by atoms with Gasteiger partial charge in [-0.3, -0.25) is 4.79 Å². The van der Waals surface area contributed by atoms with Crippen molar-refractivity contribution in [1.82, 2.24) is 0 Å². The van der Waals surface area contributed by atoms with Gasteiger partial charge >= 0.3 is 12.4 Å². The van der Waals surface area contributed by atoms with Crippen LogP contribution in [0.3, 0.4) is 0 Å². The molecule has 0 saturated carbocycles. The molecule has 0 atom stereocenters. The van der Waals surface area contributed by atoms with E-state index in [-0.39, 0.29) is 22.3 Å². The molecule has 0 N–H and O–H groups in total. The van der Waals surface area contributed by atoms with Crippen LogP contribution in [-0.4, -0.2) is 26.1 Å². The Balaban J connectivity index is 2.29. The Morgan fingerprint density at radius 2 is 1.28 bits per heavy atom. The first-order chi connectivity index (χ1) is 14.4. The molecule has 2 aromatic rings. The minimum absolute atomic E-state index is 0.0317. The average Bonchev–Trinajstić information content (AvgIpc) is 2.89. The Morgan fingerprint density at radius 3 is 1.69 bits per heavy atom. The Hall–Kier alpha value is -2.82. The number of sulfone groups is 1. The van der Waals surface area contributed by atoms with E-state index in [0.29, 0.717) is 12.1 Å². The van der Waals surface area contributed by atoms with Crippen LogP contribution in [0.25, 0.3) is 11.3 Å². The van der Waals surface area contributed by atoms with Crippen molar-refractivity contribution in [2.24, 2.45) is 0 Å². The van der Waals surface area contributed by atoms with E-state index in [1.807, 2.05) is 0 Å². The molecule has 0 fully saturated rings. The maximum atomic E-state index is 13.3. The molecule has 0 saturated heterocycles. The molecule has 172 valence electrons. The summed E-state index contributed by atoms with van der Waals surface area (Å²) in [6.45, 7) is 2.65. The molecule has 3 rings (SSSR count). The molecule has 1 aliphatic heterocycles. The highest BCUT2D eigenvalue weighted by Crippen LogP contribution is 2.44. The van der Waals surface area contributed by atoms with Gasteiger partial charge in [0.05, 0.1) is 21.6 Å². The summed E-state index contributed by atoms with van der Waals surface area (Å²) in [7, 11) is -3.56. The molecule has 4 nitrogen and oxygen atoms in total. The van der Waals surface area contributed by atoms with Gasteiger partial charge in [-0.25, -0.2) is 8.42 Å². The topological polar surface area (TPSA) is 60.4 Å². The van der Waals surface area contributed by atoms with Crippen molar-refractivity contribution in [2.45, 2.75) is 36.7 Å². The number of ketones is 1. The number of Topliss-reactive ketones (excluding diaryl/α,β-unsaturated/α-hetero) is 1. The molecule has 0 unspecified atom stereocenters. The quantitative estimate of drug-likeness (QED) is 0.557. The molecule has 1 heterocycles. The van der Waals surface area contributed by atoms with E-state index >= 15 is 0 Å². The SMILES string of the molecule is CC1(C)OC(c2ccc(S(C)(=O)=O)cc2)=C(c2cc(C(F)(F)F)cc(C(F)(F)F)c2)C1=O. The monoisotopic (exact) mass is 478 g/mol. The molecule has 1 aliphatic rings. The Kier molecular flexibility index (Phi) is 5.48. The number of rotatable bonds is 3. The van der Waals surface area contributed by atoms with Crippen LogP contribution in [0.5, 0.6) is 0 Å². The van der Waals surface area contributed by atoms with Gasteiger partial charge in [-0.05, 0) is 61.9 Å². The Morgan fingerprint density at radius 1 is 0.812 bits per heavy atom. The largest absolute Gasteiger partial charge is 0.478 e. The van der Waals surface area contributed by atoms with E-state index in [1.165, 1.54) is 38.1 Å². The van der Waals surface area contributed by atoms with Gasteiger partial charge < -0.3 is 4.74 Å². The predicted octanol–water partition coefficient (Wildman–Crippen LogP) is 5.37. The number of benzene rings is 2. The zero-order valence-corrected chi connectivity index (χ0v) is 17.7. The molecule has 2 aromatic carbocycles. The number of hydrogen-bond donors (Lipinski definition) is 0. The van der Waals surface area contributed by atoms with E-state index < -0.39 is 55.8 Å². The van der Waals surface area contributed by atoms with Crippen molar-refractivity contribution in [3.05, 3.63) is 64.7 Å². The lowest BCUT2D eigenvalue weighted by Gasteiger charge is -2.18. The van der Waals surface area contributed by atoms with Crippen molar-refractivity contribution in [3.8, 4) is 0 Å². The standard InChI is InChI=1S/C21H16F6O4S/c1-19(2)18(28)16(17(31-19)11-4-6-15(7-5-11)32(3,29)30)12-8-13(20(22,23)24)10-14(9-12)21(25,26)27/h4-10H,1-3H3. The van der Waals surface area contributed by atoms with Gasteiger partial charge in [-0.1, -0.05) is 0 Å². The van der Waals surface area contributed by atoms with Crippen LogP contribution >= 0.6 is 0 Å². The molecular weight excluding hydrogens is 462 g/mol. The number of hydrogen-bond acceptors (Lipinski definition) is 4. The first-order valence-corrected chi connectivity index (χ1v) is 10.9. The van der Waals surface area contributed by atoms with Crippen molar-refractivity contribution in [1.29, 1.82) is 0 Å². The van der Waals surface area contributed by atoms with Crippen LogP contribution in [0.4, 0.5) is 26.3 Å². The van der Waals surface area contributed by atoms with Crippen LogP contribution in [-0.2, 0) is 31.7 Å². The van der Waals surface area contributed by atoms with E-state index in [9.17, 15) is 39.6 Å². The summed E-state index contributed by atoms with van der Waals surface area (Å²) in [5, 5.41) is 0. The minimum atomic E-state index is -5.09. The zero-order valence-electron chi connectivity index (χ0n) is 16.9. The summed E-state index contributed by atoms with van der Waals surface area (Å²) in [4.78, 5) is 12.9.